The lowest BCUT2D eigenvalue weighted by Crippen LogP contribution is -2.10. The Morgan fingerprint density at radius 2 is 2.28 bits per heavy atom. The minimum Gasteiger partial charge on any atom is -0.480 e. The summed E-state index contributed by atoms with van der Waals surface area (Å²) in [5, 5.41) is 16.6. The number of rotatable bonds is 4. The number of benzene rings is 1. The molecule has 1 aromatic carbocycles. The molecule has 0 bridgehead atoms. The number of nitrogens with zero attached hydrogens (tertiary/aromatic N) is 2. The molecule has 0 aliphatic rings. The van der Waals surface area contributed by atoms with Crippen LogP contribution in [0.4, 0.5) is 0 Å². The molecule has 0 amide bonds. The fourth-order valence-corrected chi connectivity index (χ4v) is 2.01. The molecule has 0 fully saturated rings. The molecule has 0 spiro atoms. The van der Waals surface area contributed by atoms with Crippen molar-refractivity contribution in [2.24, 2.45) is 0 Å². The first-order chi connectivity index (χ1) is 8.56. The van der Waals surface area contributed by atoms with E-state index in [9.17, 15) is 4.79 Å². The molecule has 7 heteroatoms. The van der Waals surface area contributed by atoms with Gasteiger partial charge in [0.25, 0.3) is 5.22 Å². The minimum absolute atomic E-state index is 0.222. The summed E-state index contributed by atoms with van der Waals surface area (Å²) >= 11 is 6.85. The highest BCUT2D eigenvalue weighted by atomic mass is 35.5. The summed E-state index contributed by atoms with van der Waals surface area (Å²) < 4.78 is 5.36. The molecule has 1 N–H and O–H groups in total. The molecular formula is C11H9ClN2O3S. The maximum Gasteiger partial charge on any atom is 0.316 e. The molecule has 2 rings (SSSR count). The monoisotopic (exact) mass is 284 g/mol. The van der Waals surface area contributed by atoms with E-state index in [2.05, 4.69) is 10.2 Å². The smallest absolute Gasteiger partial charge is 0.316 e. The molecule has 2 aromatic rings. The Bertz CT molecular complexity index is 573. The van der Waals surface area contributed by atoms with Crippen molar-refractivity contribution < 1.29 is 14.3 Å². The first kappa shape index (κ1) is 12.9. The van der Waals surface area contributed by atoms with E-state index < -0.39 is 11.2 Å². The third kappa shape index (κ3) is 3.02. The second kappa shape index (κ2) is 5.41. The molecule has 18 heavy (non-hydrogen) atoms. The quantitative estimate of drug-likeness (QED) is 0.870. The molecule has 94 valence electrons. The molecule has 0 saturated carbocycles. The highest BCUT2D eigenvalue weighted by molar-refractivity contribution is 8.00. The molecule has 0 aliphatic carbocycles. The van der Waals surface area contributed by atoms with E-state index in [0.29, 0.717) is 16.5 Å². The second-order valence-corrected chi connectivity index (χ2v) is 5.21. The van der Waals surface area contributed by atoms with Gasteiger partial charge in [0.2, 0.25) is 5.89 Å². The van der Waals surface area contributed by atoms with E-state index in [1.165, 1.54) is 0 Å². The number of carboxylic acid groups (broad SMARTS) is 1. The third-order valence-electron chi connectivity index (χ3n) is 2.10. The van der Waals surface area contributed by atoms with Gasteiger partial charge in [0.1, 0.15) is 5.25 Å². The first-order valence-electron chi connectivity index (χ1n) is 5.05. The van der Waals surface area contributed by atoms with Gasteiger partial charge >= 0.3 is 5.97 Å². The zero-order valence-corrected chi connectivity index (χ0v) is 10.9. The Hall–Kier alpha value is -1.53. The first-order valence-corrected chi connectivity index (χ1v) is 6.31. The number of aliphatic carboxylic acids is 1. The van der Waals surface area contributed by atoms with Gasteiger partial charge in [-0.25, -0.2) is 0 Å². The summed E-state index contributed by atoms with van der Waals surface area (Å²) in [5.41, 5.74) is 0.699. The maximum absolute atomic E-state index is 10.7. The van der Waals surface area contributed by atoms with Crippen LogP contribution < -0.4 is 0 Å². The van der Waals surface area contributed by atoms with Crippen molar-refractivity contribution >= 4 is 29.3 Å². The fraction of sp³-hybridized carbons (Fsp3) is 0.182. The molecular weight excluding hydrogens is 276 g/mol. The van der Waals surface area contributed by atoms with Crippen LogP contribution in [0.5, 0.6) is 0 Å². The van der Waals surface area contributed by atoms with Crippen molar-refractivity contribution in [1.29, 1.82) is 0 Å². The topological polar surface area (TPSA) is 76.2 Å². The van der Waals surface area contributed by atoms with Crippen molar-refractivity contribution in [3.8, 4) is 11.5 Å². The standard InChI is InChI=1S/C11H9ClN2O3S/c1-6(10(15)16)18-11-14-13-9(17-11)7-3-2-4-8(12)5-7/h2-6H,1H3,(H,15,16)/t6-/m1/s1. The molecule has 0 unspecified atom stereocenters. The average molecular weight is 285 g/mol. The third-order valence-corrected chi connectivity index (χ3v) is 3.26. The summed E-state index contributed by atoms with van der Waals surface area (Å²) in [7, 11) is 0. The van der Waals surface area contributed by atoms with Crippen molar-refractivity contribution in [3.63, 3.8) is 0 Å². The molecule has 1 aromatic heterocycles. The SMILES string of the molecule is C[C@@H](Sc1nnc(-c2cccc(Cl)c2)o1)C(=O)O. The van der Waals surface area contributed by atoms with Gasteiger partial charge in [-0.3, -0.25) is 4.79 Å². The molecule has 0 radical (unpaired) electrons. The maximum atomic E-state index is 10.7. The van der Waals surface area contributed by atoms with Crippen LogP contribution in [-0.4, -0.2) is 26.5 Å². The van der Waals surface area contributed by atoms with Crippen LogP contribution in [-0.2, 0) is 4.79 Å². The Labute approximate surface area is 112 Å². The Morgan fingerprint density at radius 3 is 2.94 bits per heavy atom. The molecule has 1 heterocycles. The predicted molar refractivity (Wildman–Crippen MR) is 67.7 cm³/mol. The van der Waals surface area contributed by atoms with Gasteiger partial charge in [0.05, 0.1) is 0 Å². The Kier molecular flexibility index (Phi) is 3.88. The van der Waals surface area contributed by atoms with Crippen LogP contribution in [0.25, 0.3) is 11.5 Å². The van der Waals surface area contributed by atoms with Crippen LogP contribution in [0.1, 0.15) is 6.92 Å². The number of halogens is 1. The molecule has 1 atom stereocenters. The van der Waals surface area contributed by atoms with Crippen LogP contribution in [0, 0.1) is 0 Å². The van der Waals surface area contributed by atoms with Gasteiger partial charge in [0, 0.05) is 10.6 Å². The number of hydrogen-bond acceptors (Lipinski definition) is 5. The van der Waals surface area contributed by atoms with Gasteiger partial charge in [-0.05, 0) is 25.1 Å². The minimum atomic E-state index is -0.928. The lowest BCUT2D eigenvalue weighted by Gasteiger charge is -1.99. The summed E-state index contributed by atoms with van der Waals surface area (Å²) in [6.45, 7) is 1.55. The highest BCUT2D eigenvalue weighted by Gasteiger charge is 2.17. The van der Waals surface area contributed by atoms with Gasteiger partial charge in [-0.1, -0.05) is 29.4 Å². The average Bonchev–Trinajstić information content (AvgIpc) is 2.77. The van der Waals surface area contributed by atoms with Crippen LogP contribution in [0.3, 0.4) is 0 Å². The number of thioether (sulfide) groups is 1. The van der Waals surface area contributed by atoms with Gasteiger partial charge in [-0.15, -0.1) is 10.2 Å². The van der Waals surface area contributed by atoms with Gasteiger partial charge in [0.15, 0.2) is 0 Å². The highest BCUT2D eigenvalue weighted by Crippen LogP contribution is 2.27. The van der Waals surface area contributed by atoms with Crippen molar-refractivity contribution in [3.05, 3.63) is 29.3 Å². The molecule has 5 nitrogen and oxygen atoms in total. The molecule has 0 saturated heterocycles. The van der Waals surface area contributed by atoms with E-state index in [0.717, 1.165) is 11.8 Å². The lowest BCUT2D eigenvalue weighted by atomic mass is 10.2. The van der Waals surface area contributed by atoms with Gasteiger partial charge in [-0.2, -0.15) is 0 Å². The fourth-order valence-electron chi connectivity index (χ4n) is 1.20. The number of carbonyl (C=O) groups is 1. The van der Waals surface area contributed by atoms with Crippen molar-refractivity contribution in [1.82, 2.24) is 10.2 Å². The Morgan fingerprint density at radius 1 is 1.50 bits per heavy atom. The van der Waals surface area contributed by atoms with Gasteiger partial charge < -0.3 is 9.52 Å². The summed E-state index contributed by atoms with van der Waals surface area (Å²) in [4.78, 5) is 10.7. The zero-order chi connectivity index (χ0) is 13.1. The van der Waals surface area contributed by atoms with Crippen molar-refractivity contribution in [2.75, 3.05) is 0 Å². The number of carboxylic acids is 1. The zero-order valence-electron chi connectivity index (χ0n) is 9.33. The van der Waals surface area contributed by atoms with Crippen molar-refractivity contribution in [2.45, 2.75) is 17.4 Å². The van der Waals surface area contributed by atoms with E-state index in [-0.39, 0.29) is 5.22 Å². The lowest BCUT2D eigenvalue weighted by molar-refractivity contribution is -0.136. The normalized spacial score (nSPS) is 12.3. The second-order valence-electron chi connectivity index (χ2n) is 3.48. The summed E-state index contributed by atoms with van der Waals surface area (Å²) in [6, 6.07) is 7.00. The predicted octanol–water partition coefficient (Wildman–Crippen LogP) is 2.96. The van der Waals surface area contributed by atoms with Crippen LogP contribution in [0.15, 0.2) is 33.9 Å². The van der Waals surface area contributed by atoms with Crippen LogP contribution in [0.2, 0.25) is 5.02 Å². The van der Waals surface area contributed by atoms with E-state index in [1.807, 2.05) is 0 Å². The molecule has 0 aliphatic heterocycles. The van der Waals surface area contributed by atoms with E-state index in [1.54, 1.807) is 31.2 Å². The number of aromatic nitrogens is 2. The summed E-state index contributed by atoms with van der Waals surface area (Å²) in [5.74, 6) is -0.611. The van der Waals surface area contributed by atoms with E-state index in [4.69, 9.17) is 21.1 Å². The largest absolute Gasteiger partial charge is 0.480 e. The summed E-state index contributed by atoms with van der Waals surface area (Å²) in [6.07, 6.45) is 0. The van der Waals surface area contributed by atoms with Crippen LogP contribution >= 0.6 is 23.4 Å². The number of hydrogen-bond donors (Lipinski definition) is 1. The Balaban J connectivity index is 2.18. The van der Waals surface area contributed by atoms with E-state index >= 15 is 0 Å².